The molecule has 0 bridgehead atoms. The highest BCUT2D eigenvalue weighted by Crippen LogP contribution is 2.24. The average molecular weight is 212 g/mol. The SMILES string of the molecule is CCN(CC)CCCN[C@@H]1CCC[C@@H]1C. The molecule has 0 unspecified atom stereocenters. The van der Waals surface area contributed by atoms with Crippen molar-refractivity contribution in [2.24, 2.45) is 5.92 Å². The predicted octanol–water partition coefficient (Wildman–Crippen LogP) is 2.50. The Hall–Kier alpha value is -0.0800. The van der Waals surface area contributed by atoms with Crippen molar-refractivity contribution < 1.29 is 0 Å². The third kappa shape index (κ3) is 4.52. The topological polar surface area (TPSA) is 15.3 Å². The van der Waals surface area contributed by atoms with E-state index in [1.54, 1.807) is 0 Å². The van der Waals surface area contributed by atoms with Crippen LogP contribution in [0.25, 0.3) is 0 Å². The Morgan fingerprint density at radius 1 is 1.20 bits per heavy atom. The Bertz CT molecular complexity index is 155. The van der Waals surface area contributed by atoms with Gasteiger partial charge < -0.3 is 10.2 Å². The van der Waals surface area contributed by atoms with Crippen LogP contribution in [0, 0.1) is 5.92 Å². The third-order valence-corrected chi connectivity index (χ3v) is 3.81. The zero-order valence-corrected chi connectivity index (χ0v) is 10.8. The molecule has 1 rings (SSSR count). The molecule has 0 saturated heterocycles. The van der Waals surface area contributed by atoms with Gasteiger partial charge in [-0.15, -0.1) is 0 Å². The smallest absolute Gasteiger partial charge is 0.00927 e. The first-order valence-corrected chi connectivity index (χ1v) is 6.73. The lowest BCUT2D eigenvalue weighted by Crippen LogP contribution is -2.34. The monoisotopic (exact) mass is 212 g/mol. The van der Waals surface area contributed by atoms with Crippen LogP contribution in [0.2, 0.25) is 0 Å². The summed E-state index contributed by atoms with van der Waals surface area (Å²) in [5, 5.41) is 3.71. The fourth-order valence-electron chi connectivity index (χ4n) is 2.58. The number of nitrogens with zero attached hydrogens (tertiary/aromatic N) is 1. The molecule has 90 valence electrons. The standard InChI is InChI=1S/C13H28N2/c1-4-15(5-2)11-7-10-14-13-9-6-8-12(13)3/h12-14H,4-11H2,1-3H3/t12-,13+/m0/s1. The highest BCUT2D eigenvalue weighted by atomic mass is 15.1. The summed E-state index contributed by atoms with van der Waals surface area (Å²) in [5.41, 5.74) is 0. The first-order valence-electron chi connectivity index (χ1n) is 6.73. The van der Waals surface area contributed by atoms with Crippen LogP contribution < -0.4 is 5.32 Å². The fourth-order valence-corrected chi connectivity index (χ4v) is 2.58. The van der Waals surface area contributed by atoms with Crippen molar-refractivity contribution in [1.82, 2.24) is 10.2 Å². The van der Waals surface area contributed by atoms with Crippen LogP contribution in [0.1, 0.15) is 46.5 Å². The average Bonchev–Trinajstić information content (AvgIpc) is 2.65. The quantitative estimate of drug-likeness (QED) is 0.652. The molecule has 1 N–H and O–H groups in total. The van der Waals surface area contributed by atoms with Gasteiger partial charge in [-0.25, -0.2) is 0 Å². The van der Waals surface area contributed by atoms with Gasteiger partial charge >= 0.3 is 0 Å². The fraction of sp³-hybridized carbons (Fsp3) is 1.00. The largest absolute Gasteiger partial charge is 0.314 e. The number of hydrogen-bond acceptors (Lipinski definition) is 2. The van der Waals surface area contributed by atoms with Crippen LogP contribution in [-0.2, 0) is 0 Å². The first kappa shape index (κ1) is 13.0. The van der Waals surface area contributed by atoms with E-state index in [0.717, 1.165) is 12.0 Å². The molecular weight excluding hydrogens is 184 g/mol. The van der Waals surface area contributed by atoms with E-state index in [9.17, 15) is 0 Å². The summed E-state index contributed by atoms with van der Waals surface area (Å²) in [6.45, 7) is 11.7. The minimum absolute atomic E-state index is 0.807. The minimum Gasteiger partial charge on any atom is -0.314 e. The van der Waals surface area contributed by atoms with E-state index in [4.69, 9.17) is 0 Å². The highest BCUT2D eigenvalue weighted by molar-refractivity contribution is 4.79. The summed E-state index contributed by atoms with van der Waals surface area (Å²) in [7, 11) is 0. The Morgan fingerprint density at radius 3 is 2.47 bits per heavy atom. The van der Waals surface area contributed by atoms with E-state index < -0.39 is 0 Å². The second kappa shape index (κ2) is 7.24. The zero-order chi connectivity index (χ0) is 11.1. The van der Waals surface area contributed by atoms with Crippen molar-refractivity contribution in [3.8, 4) is 0 Å². The molecule has 1 fully saturated rings. The maximum absolute atomic E-state index is 3.71. The molecule has 0 amide bonds. The van der Waals surface area contributed by atoms with Crippen LogP contribution in [0.5, 0.6) is 0 Å². The zero-order valence-electron chi connectivity index (χ0n) is 10.8. The molecule has 2 nitrogen and oxygen atoms in total. The molecule has 1 saturated carbocycles. The Kier molecular flexibility index (Phi) is 6.26. The van der Waals surface area contributed by atoms with Gasteiger partial charge in [-0.1, -0.05) is 27.2 Å². The summed E-state index contributed by atoms with van der Waals surface area (Å²) in [6, 6.07) is 0.807. The molecular formula is C13H28N2. The predicted molar refractivity (Wildman–Crippen MR) is 67.2 cm³/mol. The summed E-state index contributed by atoms with van der Waals surface area (Å²) < 4.78 is 0. The molecule has 0 aromatic heterocycles. The van der Waals surface area contributed by atoms with Crippen LogP contribution >= 0.6 is 0 Å². The lowest BCUT2D eigenvalue weighted by atomic mass is 10.1. The van der Waals surface area contributed by atoms with Crippen molar-refractivity contribution in [3.63, 3.8) is 0 Å². The van der Waals surface area contributed by atoms with Crippen LogP contribution in [-0.4, -0.2) is 37.1 Å². The lowest BCUT2D eigenvalue weighted by Gasteiger charge is -2.20. The van der Waals surface area contributed by atoms with Gasteiger partial charge in [-0.05, 0) is 51.4 Å². The Labute approximate surface area is 95.4 Å². The van der Waals surface area contributed by atoms with Gasteiger partial charge in [0.1, 0.15) is 0 Å². The molecule has 0 aromatic rings. The number of hydrogen-bond donors (Lipinski definition) is 1. The molecule has 0 heterocycles. The van der Waals surface area contributed by atoms with Gasteiger partial charge in [0.05, 0.1) is 0 Å². The number of nitrogens with one attached hydrogen (secondary N) is 1. The molecule has 2 heteroatoms. The summed E-state index contributed by atoms with van der Waals surface area (Å²) in [5.74, 6) is 0.901. The van der Waals surface area contributed by atoms with E-state index in [-0.39, 0.29) is 0 Å². The second-order valence-electron chi connectivity index (χ2n) is 4.85. The second-order valence-corrected chi connectivity index (χ2v) is 4.85. The van der Waals surface area contributed by atoms with E-state index in [2.05, 4.69) is 31.0 Å². The van der Waals surface area contributed by atoms with Gasteiger partial charge in [0.15, 0.2) is 0 Å². The maximum atomic E-state index is 3.71. The van der Waals surface area contributed by atoms with Gasteiger partial charge in [0, 0.05) is 6.04 Å². The van der Waals surface area contributed by atoms with Gasteiger partial charge in [0.25, 0.3) is 0 Å². The Morgan fingerprint density at radius 2 is 1.93 bits per heavy atom. The summed E-state index contributed by atoms with van der Waals surface area (Å²) in [6.07, 6.45) is 5.54. The minimum atomic E-state index is 0.807. The summed E-state index contributed by atoms with van der Waals surface area (Å²) in [4.78, 5) is 2.50. The van der Waals surface area contributed by atoms with Crippen molar-refractivity contribution in [2.75, 3.05) is 26.2 Å². The maximum Gasteiger partial charge on any atom is 0.00927 e. The van der Waals surface area contributed by atoms with E-state index >= 15 is 0 Å². The summed E-state index contributed by atoms with van der Waals surface area (Å²) >= 11 is 0. The van der Waals surface area contributed by atoms with Crippen molar-refractivity contribution in [2.45, 2.75) is 52.5 Å². The van der Waals surface area contributed by atoms with Crippen LogP contribution in [0.3, 0.4) is 0 Å². The van der Waals surface area contributed by atoms with Crippen molar-refractivity contribution in [3.05, 3.63) is 0 Å². The lowest BCUT2D eigenvalue weighted by molar-refractivity contribution is 0.293. The molecule has 1 aliphatic rings. The normalized spacial score (nSPS) is 26.4. The van der Waals surface area contributed by atoms with Gasteiger partial charge in [-0.2, -0.15) is 0 Å². The molecule has 2 atom stereocenters. The molecule has 15 heavy (non-hydrogen) atoms. The van der Waals surface area contributed by atoms with E-state index in [0.29, 0.717) is 0 Å². The number of rotatable bonds is 7. The van der Waals surface area contributed by atoms with Crippen molar-refractivity contribution >= 4 is 0 Å². The van der Waals surface area contributed by atoms with Crippen LogP contribution in [0.15, 0.2) is 0 Å². The molecule has 0 aromatic carbocycles. The van der Waals surface area contributed by atoms with Gasteiger partial charge in [-0.3, -0.25) is 0 Å². The van der Waals surface area contributed by atoms with Crippen molar-refractivity contribution in [1.29, 1.82) is 0 Å². The molecule has 0 aliphatic heterocycles. The third-order valence-electron chi connectivity index (χ3n) is 3.81. The Balaban J connectivity index is 2.01. The van der Waals surface area contributed by atoms with E-state index in [1.807, 2.05) is 0 Å². The van der Waals surface area contributed by atoms with Crippen LogP contribution in [0.4, 0.5) is 0 Å². The van der Waals surface area contributed by atoms with Gasteiger partial charge in [0.2, 0.25) is 0 Å². The van der Waals surface area contributed by atoms with E-state index in [1.165, 1.54) is 51.9 Å². The highest BCUT2D eigenvalue weighted by Gasteiger charge is 2.21. The molecule has 1 aliphatic carbocycles. The first-order chi connectivity index (χ1) is 7.27. The molecule has 0 radical (unpaired) electrons. The molecule has 0 spiro atoms.